The van der Waals surface area contributed by atoms with Gasteiger partial charge in [0.1, 0.15) is 0 Å². The Morgan fingerprint density at radius 3 is 2.71 bits per heavy atom. The third-order valence-electron chi connectivity index (χ3n) is 2.07. The molecule has 0 amide bonds. The van der Waals surface area contributed by atoms with Crippen molar-refractivity contribution >= 4 is 15.0 Å². The molecule has 0 bridgehead atoms. The van der Waals surface area contributed by atoms with Crippen LogP contribution in [0.25, 0.3) is 0 Å². The third-order valence-corrected chi connectivity index (χ3v) is 3.51. The van der Waals surface area contributed by atoms with Crippen LogP contribution in [-0.4, -0.2) is 28.7 Å². The zero-order chi connectivity index (χ0) is 12.5. The Morgan fingerprint density at radius 1 is 1.41 bits per heavy atom. The summed E-state index contributed by atoms with van der Waals surface area (Å²) >= 11 is 0.000552. The molecule has 0 N–H and O–H groups in total. The Kier molecular flexibility index (Phi) is 6.42. The number of hydrogen-bond acceptors (Lipinski definition) is 3. The number of hydrogen-bond donors (Lipinski definition) is 0. The molecule has 0 atom stereocenters. The Balaban J connectivity index is 2.26. The van der Waals surface area contributed by atoms with E-state index in [2.05, 4.69) is 11.5 Å². The van der Waals surface area contributed by atoms with E-state index in [-0.39, 0.29) is 15.0 Å². The Bertz CT molecular complexity index is 395. The van der Waals surface area contributed by atoms with E-state index in [0.717, 1.165) is 22.2 Å². The van der Waals surface area contributed by atoms with E-state index in [9.17, 15) is 0 Å². The van der Waals surface area contributed by atoms with Gasteiger partial charge in [0.25, 0.3) is 0 Å². The second-order valence-electron chi connectivity index (χ2n) is 3.47. The van der Waals surface area contributed by atoms with Gasteiger partial charge in [-0.25, -0.2) is 0 Å². The van der Waals surface area contributed by atoms with Crippen LogP contribution in [0.1, 0.15) is 5.56 Å². The van der Waals surface area contributed by atoms with Gasteiger partial charge in [-0.15, -0.1) is 0 Å². The molecule has 0 aliphatic carbocycles. The molecule has 4 heteroatoms. The van der Waals surface area contributed by atoms with E-state index in [1.54, 1.807) is 7.11 Å². The van der Waals surface area contributed by atoms with Crippen molar-refractivity contribution in [3.63, 3.8) is 0 Å². The number of nitrogens with zero attached hydrogens (tertiary/aromatic N) is 1. The van der Waals surface area contributed by atoms with Gasteiger partial charge in [0.05, 0.1) is 0 Å². The molecule has 1 aromatic rings. The summed E-state index contributed by atoms with van der Waals surface area (Å²) in [5.41, 5.74) is 2.09. The fourth-order valence-corrected chi connectivity index (χ4v) is 1.95. The van der Waals surface area contributed by atoms with Crippen molar-refractivity contribution in [1.29, 1.82) is 5.26 Å². The van der Waals surface area contributed by atoms with Gasteiger partial charge in [-0.3, -0.25) is 0 Å². The number of benzene rings is 1. The summed E-state index contributed by atoms with van der Waals surface area (Å²) in [6, 6.07) is 7.76. The Morgan fingerprint density at radius 2 is 2.12 bits per heavy atom. The minimum atomic E-state index is 0.000552. The molecule has 0 spiro atoms. The molecule has 17 heavy (non-hydrogen) atoms. The van der Waals surface area contributed by atoms with Crippen molar-refractivity contribution in [1.82, 2.24) is 0 Å². The maximum atomic E-state index is 8.45. The van der Waals surface area contributed by atoms with Crippen molar-refractivity contribution in [3.05, 3.63) is 42.0 Å². The first-order valence-corrected chi connectivity index (χ1v) is 7.21. The van der Waals surface area contributed by atoms with Gasteiger partial charge in [-0.1, -0.05) is 0 Å². The first-order chi connectivity index (χ1) is 8.26. The van der Waals surface area contributed by atoms with Gasteiger partial charge in [-0.2, -0.15) is 0 Å². The number of ether oxygens (including phenoxy) is 2. The molecule has 3 nitrogen and oxygen atoms in total. The van der Waals surface area contributed by atoms with Crippen LogP contribution >= 0.6 is 0 Å². The molecule has 0 saturated carbocycles. The van der Waals surface area contributed by atoms with Crippen LogP contribution in [0.5, 0.6) is 5.75 Å². The SMILES string of the molecule is C=C(COCc1ccc(OC)cc1)C[Se]C#N. The molecule has 0 fully saturated rings. The molecule has 1 aromatic carbocycles. The third kappa shape index (κ3) is 5.55. The predicted molar refractivity (Wildman–Crippen MR) is 68.0 cm³/mol. The molecule has 0 unspecified atom stereocenters. The number of nitriles is 1. The zero-order valence-electron chi connectivity index (χ0n) is 9.81. The first kappa shape index (κ1) is 13.8. The van der Waals surface area contributed by atoms with Gasteiger partial charge in [0.15, 0.2) is 0 Å². The van der Waals surface area contributed by atoms with Gasteiger partial charge in [0.2, 0.25) is 0 Å². The summed E-state index contributed by atoms with van der Waals surface area (Å²) in [5.74, 6) is 0.842. The van der Waals surface area contributed by atoms with E-state index in [4.69, 9.17) is 14.7 Å². The zero-order valence-corrected chi connectivity index (χ0v) is 11.5. The molecule has 1 rings (SSSR count). The molecule has 0 radical (unpaired) electrons. The summed E-state index contributed by atoms with van der Waals surface area (Å²) in [7, 11) is 1.65. The summed E-state index contributed by atoms with van der Waals surface area (Å²) in [4.78, 5) is 2.15. The molecular formula is C13H15NO2Se. The molecule has 90 valence electrons. The molecule has 0 aromatic heterocycles. The van der Waals surface area contributed by atoms with Gasteiger partial charge in [-0.05, 0) is 0 Å². The van der Waals surface area contributed by atoms with Crippen molar-refractivity contribution in [2.45, 2.75) is 11.9 Å². The number of rotatable bonds is 7. The van der Waals surface area contributed by atoms with Crippen molar-refractivity contribution in [2.24, 2.45) is 0 Å². The topological polar surface area (TPSA) is 42.2 Å². The molecule has 0 aliphatic rings. The average molecular weight is 296 g/mol. The molecule has 0 saturated heterocycles. The van der Waals surface area contributed by atoms with Crippen molar-refractivity contribution in [3.8, 4) is 10.7 Å². The summed E-state index contributed by atoms with van der Waals surface area (Å²) in [6.07, 6.45) is 0. The quantitative estimate of drug-likeness (QED) is 0.573. The normalized spacial score (nSPS) is 9.65. The van der Waals surface area contributed by atoms with Crippen molar-refractivity contribution < 1.29 is 9.47 Å². The minimum absolute atomic E-state index is 0.000552. The first-order valence-electron chi connectivity index (χ1n) is 5.14. The van der Waals surface area contributed by atoms with E-state index in [1.165, 1.54) is 0 Å². The van der Waals surface area contributed by atoms with Crippen LogP contribution in [0, 0.1) is 10.2 Å². The summed E-state index contributed by atoms with van der Waals surface area (Å²) in [5, 5.41) is 9.22. The summed E-state index contributed by atoms with van der Waals surface area (Å²) < 4.78 is 10.6. The Hall–Kier alpha value is -1.27. The van der Waals surface area contributed by atoms with E-state index >= 15 is 0 Å². The molecular weight excluding hydrogens is 281 g/mol. The van der Waals surface area contributed by atoms with Crippen molar-refractivity contribution in [2.75, 3.05) is 13.7 Å². The molecule has 0 heterocycles. The van der Waals surface area contributed by atoms with Gasteiger partial charge in [0, 0.05) is 0 Å². The number of methoxy groups -OCH3 is 1. The van der Waals surface area contributed by atoms with E-state index in [0.29, 0.717) is 13.2 Å². The fraction of sp³-hybridized carbons (Fsp3) is 0.308. The maximum absolute atomic E-state index is 8.45. The van der Waals surface area contributed by atoms with Crippen LogP contribution in [0.15, 0.2) is 36.4 Å². The van der Waals surface area contributed by atoms with Crippen LogP contribution in [0.3, 0.4) is 0 Å². The predicted octanol–water partition coefficient (Wildman–Crippen LogP) is 2.37. The average Bonchev–Trinajstić information content (AvgIpc) is 2.37. The van der Waals surface area contributed by atoms with E-state index < -0.39 is 0 Å². The van der Waals surface area contributed by atoms with Gasteiger partial charge < -0.3 is 0 Å². The summed E-state index contributed by atoms with van der Waals surface area (Å²) in [6.45, 7) is 4.95. The van der Waals surface area contributed by atoms with Crippen LogP contribution in [0.4, 0.5) is 0 Å². The fourth-order valence-electron chi connectivity index (χ4n) is 1.21. The Labute approximate surface area is 108 Å². The van der Waals surface area contributed by atoms with Crippen LogP contribution < -0.4 is 4.74 Å². The van der Waals surface area contributed by atoms with Crippen LogP contribution in [-0.2, 0) is 11.3 Å². The second kappa shape index (κ2) is 7.91. The van der Waals surface area contributed by atoms with Gasteiger partial charge >= 0.3 is 108 Å². The standard InChI is InChI=1S/C13H15NO2Se/c1-11(9-17-10-14)7-16-8-12-3-5-13(15-2)6-4-12/h3-6H,1,7-9H2,2H3. The van der Waals surface area contributed by atoms with Crippen LogP contribution in [0.2, 0.25) is 5.32 Å². The van der Waals surface area contributed by atoms with E-state index in [1.807, 2.05) is 24.3 Å². The molecule has 0 aliphatic heterocycles. The second-order valence-corrected chi connectivity index (χ2v) is 5.07. The monoisotopic (exact) mass is 297 g/mol.